The monoisotopic (exact) mass is 203 g/mol. The second kappa shape index (κ2) is 3.93. The number of hydrogen-bond donors (Lipinski definition) is 2. The number of rotatable bonds is 2. The van der Waals surface area contributed by atoms with Crippen LogP contribution >= 0.6 is 0 Å². The number of aromatic nitrogens is 1. The normalized spacial score (nSPS) is 9.93. The fourth-order valence-corrected chi connectivity index (χ4v) is 1.28. The van der Waals surface area contributed by atoms with Crippen LogP contribution in [0.5, 0.6) is 0 Å². The van der Waals surface area contributed by atoms with Crippen LogP contribution in [0.4, 0.5) is 0 Å². The largest absolute Gasteiger partial charge is 0.355 e. The van der Waals surface area contributed by atoms with E-state index in [9.17, 15) is 4.79 Å². The van der Waals surface area contributed by atoms with Crippen molar-refractivity contribution in [1.29, 1.82) is 0 Å². The van der Waals surface area contributed by atoms with E-state index in [1.165, 1.54) is 6.20 Å². The summed E-state index contributed by atoms with van der Waals surface area (Å²) in [5.74, 6) is 5.04. The molecule has 2 aromatic rings. The molecule has 0 aliphatic rings. The van der Waals surface area contributed by atoms with Crippen molar-refractivity contribution in [2.75, 3.05) is 0 Å². The van der Waals surface area contributed by atoms with Crippen LogP contribution in [0.15, 0.2) is 41.1 Å². The summed E-state index contributed by atoms with van der Waals surface area (Å²) in [5, 5.41) is 3.58. The lowest BCUT2D eigenvalue weighted by atomic mass is 10.1. The van der Waals surface area contributed by atoms with Crippen molar-refractivity contribution in [3.05, 3.63) is 42.1 Å². The number of carbonyl (C=O) groups excluding carboxylic acids is 1. The molecule has 0 unspecified atom stereocenters. The molecule has 5 nitrogen and oxygen atoms in total. The van der Waals surface area contributed by atoms with E-state index in [1.54, 1.807) is 0 Å². The number of nitrogens with two attached hydrogens (primary N) is 1. The number of hydrogen-bond acceptors (Lipinski definition) is 4. The van der Waals surface area contributed by atoms with Gasteiger partial charge in [0, 0.05) is 5.56 Å². The van der Waals surface area contributed by atoms with E-state index in [-0.39, 0.29) is 0 Å². The SMILES string of the molecule is NNC(=O)c1cnoc1-c1ccccc1. The molecule has 5 heteroatoms. The Kier molecular flexibility index (Phi) is 2.47. The smallest absolute Gasteiger partial charge is 0.270 e. The zero-order valence-electron chi connectivity index (χ0n) is 7.81. The molecule has 1 heterocycles. The van der Waals surface area contributed by atoms with Gasteiger partial charge in [-0.2, -0.15) is 0 Å². The molecule has 1 aromatic carbocycles. The van der Waals surface area contributed by atoms with Gasteiger partial charge in [-0.25, -0.2) is 5.84 Å². The Balaban J connectivity index is 2.46. The van der Waals surface area contributed by atoms with Gasteiger partial charge in [0.25, 0.3) is 5.91 Å². The van der Waals surface area contributed by atoms with Gasteiger partial charge in [-0.05, 0) is 0 Å². The average molecular weight is 203 g/mol. The summed E-state index contributed by atoms with van der Waals surface area (Å²) in [6, 6.07) is 9.23. The highest BCUT2D eigenvalue weighted by molar-refractivity contribution is 5.98. The fourth-order valence-electron chi connectivity index (χ4n) is 1.28. The van der Waals surface area contributed by atoms with Gasteiger partial charge in [0.05, 0.1) is 6.20 Å². The van der Waals surface area contributed by atoms with Crippen LogP contribution in [-0.2, 0) is 0 Å². The minimum absolute atomic E-state index is 0.323. The van der Waals surface area contributed by atoms with E-state index in [1.807, 2.05) is 35.8 Å². The molecule has 2 rings (SSSR count). The van der Waals surface area contributed by atoms with Crippen molar-refractivity contribution in [3.8, 4) is 11.3 Å². The summed E-state index contributed by atoms with van der Waals surface area (Å²) in [6.07, 6.45) is 1.34. The Morgan fingerprint density at radius 3 is 2.73 bits per heavy atom. The molecule has 76 valence electrons. The molecule has 1 aromatic heterocycles. The van der Waals surface area contributed by atoms with Crippen molar-refractivity contribution in [2.24, 2.45) is 5.84 Å². The molecule has 0 radical (unpaired) electrons. The maximum absolute atomic E-state index is 11.3. The minimum atomic E-state index is -0.421. The Bertz CT molecular complexity index is 465. The predicted molar refractivity (Wildman–Crippen MR) is 53.6 cm³/mol. The maximum atomic E-state index is 11.3. The Morgan fingerprint density at radius 2 is 2.07 bits per heavy atom. The van der Waals surface area contributed by atoms with E-state index >= 15 is 0 Å². The van der Waals surface area contributed by atoms with E-state index in [0.29, 0.717) is 11.3 Å². The zero-order chi connectivity index (χ0) is 10.7. The van der Waals surface area contributed by atoms with E-state index < -0.39 is 5.91 Å². The number of nitrogens with one attached hydrogen (secondary N) is 1. The van der Waals surface area contributed by atoms with E-state index in [2.05, 4.69) is 5.16 Å². The molecule has 3 N–H and O–H groups in total. The van der Waals surface area contributed by atoms with Crippen LogP contribution in [-0.4, -0.2) is 11.1 Å². The highest BCUT2D eigenvalue weighted by Crippen LogP contribution is 2.22. The third-order valence-electron chi connectivity index (χ3n) is 1.98. The number of benzene rings is 1. The molecule has 0 saturated heterocycles. The quantitative estimate of drug-likeness (QED) is 0.432. The van der Waals surface area contributed by atoms with E-state index in [0.717, 1.165) is 5.56 Å². The number of hydrazine groups is 1. The first-order valence-corrected chi connectivity index (χ1v) is 4.34. The maximum Gasteiger partial charge on any atom is 0.270 e. The lowest BCUT2D eigenvalue weighted by molar-refractivity contribution is 0.0954. The van der Waals surface area contributed by atoms with Gasteiger partial charge in [-0.1, -0.05) is 35.5 Å². The fraction of sp³-hybridized carbons (Fsp3) is 0. The van der Waals surface area contributed by atoms with Crippen molar-refractivity contribution in [2.45, 2.75) is 0 Å². The molecule has 0 atom stereocenters. The molecule has 0 saturated carbocycles. The lowest BCUT2D eigenvalue weighted by Crippen LogP contribution is -2.30. The molecular formula is C10H9N3O2. The van der Waals surface area contributed by atoms with Crippen LogP contribution in [0.2, 0.25) is 0 Å². The molecule has 0 aliphatic carbocycles. The number of nitrogens with zero attached hydrogens (tertiary/aromatic N) is 1. The van der Waals surface area contributed by atoms with Crippen molar-refractivity contribution < 1.29 is 9.32 Å². The van der Waals surface area contributed by atoms with Crippen LogP contribution in [0.1, 0.15) is 10.4 Å². The summed E-state index contributed by atoms with van der Waals surface area (Å²) in [6.45, 7) is 0. The van der Waals surface area contributed by atoms with Crippen molar-refractivity contribution >= 4 is 5.91 Å². The van der Waals surface area contributed by atoms with Gasteiger partial charge < -0.3 is 4.52 Å². The van der Waals surface area contributed by atoms with Gasteiger partial charge in [0.1, 0.15) is 5.56 Å². The van der Waals surface area contributed by atoms with Gasteiger partial charge in [0.15, 0.2) is 5.76 Å². The summed E-state index contributed by atoms with van der Waals surface area (Å²) in [5.41, 5.74) is 3.15. The Morgan fingerprint density at radius 1 is 1.33 bits per heavy atom. The molecule has 0 fully saturated rings. The highest BCUT2D eigenvalue weighted by Gasteiger charge is 2.16. The number of carbonyl (C=O) groups is 1. The van der Waals surface area contributed by atoms with Crippen LogP contribution in [0, 0.1) is 0 Å². The molecule has 0 bridgehead atoms. The second-order valence-electron chi connectivity index (χ2n) is 2.91. The van der Waals surface area contributed by atoms with Crippen molar-refractivity contribution in [1.82, 2.24) is 10.6 Å². The second-order valence-corrected chi connectivity index (χ2v) is 2.91. The zero-order valence-corrected chi connectivity index (χ0v) is 7.81. The molecule has 0 aliphatic heterocycles. The average Bonchev–Trinajstić information content (AvgIpc) is 2.78. The summed E-state index contributed by atoms with van der Waals surface area (Å²) < 4.78 is 5.01. The summed E-state index contributed by atoms with van der Waals surface area (Å²) in [7, 11) is 0. The number of nitrogen functional groups attached to an aromatic ring is 1. The lowest BCUT2D eigenvalue weighted by Gasteiger charge is -1.98. The summed E-state index contributed by atoms with van der Waals surface area (Å²) in [4.78, 5) is 11.3. The topological polar surface area (TPSA) is 81.1 Å². The first kappa shape index (κ1) is 9.42. The van der Waals surface area contributed by atoms with Crippen LogP contribution in [0.3, 0.4) is 0 Å². The Labute approximate surface area is 85.8 Å². The standard InChI is InChI=1S/C10H9N3O2/c11-13-10(14)8-6-12-15-9(8)7-4-2-1-3-5-7/h1-6H,11H2,(H,13,14). The van der Waals surface area contributed by atoms with Gasteiger partial charge in [0.2, 0.25) is 0 Å². The molecule has 1 amide bonds. The van der Waals surface area contributed by atoms with Crippen molar-refractivity contribution in [3.63, 3.8) is 0 Å². The van der Waals surface area contributed by atoms with Gasteiger partial charge >= 0.3 is 0 Å². The van der Waals surface area contributed by atoms with Crippen LogP contribution in [0.25, 0.3) is 11.3 Å². The molecule has 0 spiro atoms. The van der Waals surface area contributed by atoms with Crippen LogP contribution < -0.4 is 11.3 Å². The number of amides is 1. The highest BCUT2D eigenvalue weighted by atomic mass is 16.5. The third kappa shape index (κ3) is 1.72. The van der Waals surface area contributed by atoms with E-state index in [4.69, 9.17) is 10.4 Å². The first-order valence-electron chi connectivity index (χ1n) is 4.34. The molecule has 15 heavy (non-hydrogen) atoms. The third-order valence-corrected chi connectivity index (χ3v) is 1.98. The minimum Gasteiger partial charge on any atom is -0.355 e. The summed E-state index contributed by atoms with van der Waals surface area (Å²) >= 11 is 0. The predicted octanol–water partition coefficient (Wildman–Crippen LogP) is 0.945. The Hall–Kier alpha value is -2.14. The van der Waals surface area contributed by atoms with Gasteiger partial charge in [-0.15, -0.1) is 0 Å². The van der Waals surface area contributed by atoms with Gasteiger partial charge in [-0.3, -0.25) is 10.2 Å². The first-order chi connectivity index (χ1) is 7.33. The molecular weight excluding hydrogens is 194 g/mol.